The van der Waals surface area contributed by atoms with E-state index in [1.165, 1.54) is 96.3 Å². The summed E-state index contributed by atoms with van der Waals surface area (Å²) in [6.45, 7) is 0. The standard InChI is InChI=1S/C42H24S/c1-2-8-31-26(6-1)16-18-35-33-9-3-4-10-34(33)37(24-38(31)35)29-15-13-25-12-14-28(22-30(25)23-29)32-20-21-40-42-36(32)19-17-27-7-5-11-39(43-40)41(27)42/h1-24H. The maximum atomic E-state index is 2.41. The molecule has 0 N–H and O–H groups in total. The van der Waals surface area contributed by atoms with Gasteiger partial charge in [-0.2, -0.15) is 0 Å². The lowest BCUT2D eigenvalue weighted by Crippen LogP contribution is -1.87. The van der Waals surface area contributed by atoms with Gasteiger partial charge in [0.1, 0.15) is 0 Å². The fraction of sp³-hybridized carbons (Fsp3) is 0. The Morgan fingerprint density at radius 2 is 0.953 bits per heavy atom. The second kappa shape index (κ2) is 8.64. The summed E-state index contributed by atoms with van der Waals surface area (Å²) < 4.78 is 2.73. The summed E-state index contributed by atoms with van der Waals surface area (Å²) in [5.41, 5.74) is 5.09. The molecule has 1 aromatic heterocycles. The number of thiophene rings is 1. The van der Waals surface area contributed by atoms with Crippen molar-refractivity contribution in [2.24, 2.45) is 0 Å². The van der Waals surface area contributed by atoms with E-state index in [2.05, 4.69) is 146 Å². The van der Waals surface area contributed by atoms with Gasteiger partial charge in [-0.05, 0) is 106 Å². The van der Waals surface area contributed by atoms with Crippen LogP contribution in [0.1, 0.15) is 0 Å². The molecular formula is C42H24S. The van der Waals surface area contributed by atoms with Crippen LogP contribution in [0.5, 0.6) is 0 Å². The molecule has 0 atom stereocenters. The SMILES string of the molecule is c1ccc2c(c1)ccc1c3ccccc3c(-c3ccc4ccc(-c5ccc6sc7cccc8ccc5c6c87)cc4c3)cc21. The number of hydrogen-bond acceptors (Lipinski definition) is 1. The van der Waals surface area contributed by atoms with E-state index in [9.17, 15) is 0 Å². The molecule has 10 rings (SSSR count). The van der Waals surface area contributed by atoms with Crippen molar-refractivity contribution in [3.63, 3.8) is 0 Å². The first-order chi connectivity index (χ1) is 21.3. The molecule has 0 aliphatic rings. The average molecular weight is 561 g/mol. The van der Waals surface area contributed by atoms with Gasteiger partial charge in [-0.1, -0.05) is 115 Å². The van der Waals surface area contributed by atoms with Crippen LogP contribution < -0.4 is 0 Å². The Kier molecular flexibility index (Phi) is 4.69. The van der Waals surface area contributed by atoms with Crippen molar-refractivity contribution >= 4 is 85.4 Å². The normalized spacial score (nSPS) is 12.2. The molecule has 0 aliphatic heterocycles. The molecule has 43 heavy (non-hydrogen) atoms. The molecule has 198 valence electrons. The van der Waals surface area contributed by atoms with E-state index in [0.29, 0.717) is 0 Å². The third-order valence-corrected chi connectivity index (χ3v) is 10.5. The molecule has 10 aromatic rings. The summed E-state index contributed by atoms with van der Waals surface area (Å²) in [5.74, 6) is 0. The minimum absolute atomic E-state index is 1.25. The van der Waals surface area contributed by atoms with Crippen molar-refractivity contribution in [2.45, 2.75) is 0 Å². The number of fused-ring (bicyclic) bond motifs is 6. The van der Waals surface area contributed by atoms with Crippen molar-refractivity contribution in [3.8, 4) is 22.3 Å². The van der Waals surface area contributed by atoms with Gasteiger partial charge in [0, 0.05) is 20.2 Å². The highest BCUT2D eigenvalue weighted by atomic mass is 32.1. The van der Waals surface area contributed by atoms with Crippen molar-refractivity contribution in [3.05, 3.63) is 146 Å². The summed E-state index contributed by atoms with van der Waals surface area (Å²) in [4.78, 5) is 0. The topological polar surface area (TPSA) is 0 Å². The molecule has 9 aromatic carbocycles. The van der Waals surface area contributed by atoms with E-state index in [1.807, 2.05) is 11.3 Å². The predicted molar refractivity (Wildman–Crippen MR) is 189 cm³/mol. The predicted octanol–water partition coefficient (Wildman–Crippen LogP) is 12.6. The molecule has 0 bridgehead atoms. The molecule has 0 aliphatic carbocycles. The van der Waals surface area contributed by atoms with Gasteiger partial charge >= 0.3 is 0 Å². The molecule has 1 heteroatoms. The first-order valence-electron chi connectivity index (χ1n) is 14.8. The van der Waals surface area contributed by atoms with Crippen molar-refractivity contribution in [2.75, 3.05) is 0 Å². The van der Waals surface area contributed by atoms with Crippen LogP contribution in [-0.2, 0) is 0 Å². The Bertz CT molecular complexity index is 2730. The van der Waals surface area contributed by atoms with E-state index in [1.54, 1.807) is 0 Å². The fourth-order valence-electron chi connectivity index (χ4n) is 7.38. The van der Waals surface area contributed by atoms with Gasteiger partial charge in [-0.3, -0.25) is 0 Å². The zero-order valence-electron chi connectivity index (χ0n) is 23.3. The summed E-state index contributed by atoms with van der Waals surface area (Å²) in [7, 11) is 0. The molecule has 0 spiro atoms. The first-order valence-corrected chi connectivity index (χ1v) is 15.7. The van der Waals surface area contributed by atoms with Gasteiger partial charge in [0.05, 0.1) is 0 Å². The van der Waals surface area contributed by atoms with Gasteiger partial charge in [-0.15, -0.1) is 11.3 Å². The lowest BCUT2D eigenvalue weighted by Gasteiger charge is -2.14. The van der Waals surface area contributed by atoms with Crippen LogP contribution in [0.3, 0.4) is 0 Å². The van der Waals surface area contributed by atoms with E-state index in [4.69, 9.17) is 0 Å². The minimum Gasteiger partial charge on any atom is -0.135 e. The first kappa shape index (κ1) is 23.3. The molecule has 0 saturated carbocycles. The van der Waals surface area contributed by atoms with Crippen molar-refractivity contribution in [1.82, 2.24) is 0 Å². The summed E-state index contributed by atoms with van der Waals surface area (Å²) in [6.07, 6.45) is 0. The Hall–Kier alpha value is -5.24. The number of benzene rings is 9. The van der Waals surface area contributed by atoms with Crippen LogP contribution >= 0.6 is 11.3 Å². The van der Waals surface area contributed by atoms with Crippen molar-refractivity contribution < 1.29 is 0 Å². The summed E-state index contributed by atoms with van der Waals surface area (Å²) >= 11 is 1.90. The van der Waals surface area contributed by atoms with Crippen LogP contribution in [0.2, 0.25) is 0 Å². The third kappa shape index (κ3) is 3.31. The van der Waals surface area contributed by atoms with Gasteiger partial charge in [-0.25, -0.2) is 0 Å². The zero-order chi connectivity index (χ0) is 28.1. The number of rotatable bonds is 2. The molecule has 0 amide bonds. The largest absolute Gasteiger partial charge is 0.135 e. The third-order valence-electron chi connectivity index (χ3n) is 9.39. The molecule has 0 fully saturated rings. The molecule has 1 heterocycles. The highest BCUT2D eigenvalue weighted by molar-refractivity contribution is 7.26. The Balaban J connectivity index is 1.20. The Morgan fingerprint density at radius 3 is 1.84 bits per heavy atom. The van der Waals surface area contributed by atoms with Crippen molar-refractivity contribution in [1.29, 1.82) is 0 Å². The van der Waals surface area contributed by atoms with E-state index in [-0.39, 0.29) is 0 Å². The summed E-state index contributed by atoms with van der Waals surface area (Å²) in [5, 5.41) is 15.8. The molecule has 0 saturated heterocycles. The van der Waals surface area contributed by atoms with Gasteiger partial charge in [0.15, 0.2) is 0 Å². The minimum atomic E-state index is 1.25. The highest BCUT2D eigenvalue weighted by Gasteiger charge is 2.15. The Labute approximate surface area is 252 Å². The quantitative estimate of drug-likeness (QED) is 0.184. The fourth-order valence-corrected chi connectivity index (χ4v) is 8.54. The monoisotopic (exact) mass is 560 g/mol. The second-order valence-corrected chi connectivity index (χ2v) is 12.8. The lowest BCUT2D eigenvalue weighted by molar-refractivity contribution is 1.68. The molecule has 0 radical (unpaired) electrons. The van der Waals surface area contributed by atoms with Crippen LogP contribution in [0.4, 0.5) is 0 Å². The highest BCUT2D eigenvalue weighted by Crippen LogP contribution is 2.44. The molecule has 0 unspecified atom stereocenters. The maximum absolute atomic E-state index is 2.41. The zero-order valence-corrected chi connectivity index (χ0v) is 24.1. The maximum Gasteiger partial charge on any atom is 0.0362 e. The van der Waals surface area contributed by atoms with Crippen LogP contribution in [-0.4, -0.2) is 0 Å². The summed E-state index contributed by atoms with van der Waals surface area (Å²) in [6, 6.07) is 54.3. The number of hydrogen-bond donors (Lipinski definition) is 0. The lowest BCUT2D eigenvalue weighted by atomic mass is 9.89. The smallest absolute Gasteiger partial charge is 0.0362 e. The van der Waals surface area contributed by atoms with E-state index >= 15 is 0 Å². The van der Waals surface area contributed by atoms with Crippen LogP contribution in [0.25, 0.3) is 96.3 Å². The Morgan fingerprint density at radius 1 is 0.302 bits per heavy atom. The average Bonchev–Trinajstić information content (AvgIpc) is 3.46. The van der Waals surface area contributed by atoms with E-state index in [0.717, 1.165) is 0 Å². The molecular weight excluding hydrogens is 537 g/mol. The van der Waals surface area contributed by atoms with Gasteiger partial charge in [0.2, 0.25) is 0 Å². The molecule has 0 nitrogen and oxygen atoms in total. The van der Waals surface area contributed by atoms with Gasteiger partial charge in [0.25, 0.3) is 0 Å². The second-order valence-electron chi connectivity index (χ2n) is 11.7. The van der Waals surface area contributed by atoms with E-state index < -0.39 is 0 Å². The van der Waals surface area contributed by atoms with Gasteiger partial charge < -0.3 is 0 Å². The van der Waals surface area contributed by atoms with Crippen LogP contribution in [0, 0.1) is 0 Å². The van der Waals surface area contributed by atoms with Crippen LogP contribution in [0.15, 0.2) is 146 Å².